The van der Waals surface area contributed by atoms with E-state index < -0.39 is 16.9 Å². The minimum Gasteiger partial charge on any atom is -0.325 e. The number of benzene rings is 3. The average Bonchev–Trinajstić information content (AvgIpc) is 2.77. The summed E-state index contributed by atoms with van der Waals surface area (Å²) in [4.78, 5) is 38.5. The van der Waals surface area contributed by atoms with Gasteiger partial charge in [-0.3, -0.25) is 24.6 Å². The maximum Gasteiger partial charge on any atom is 0.293 e. The van der Waals surface area contributed by atoms with Crippen LogP contribution in [0.1, 0.15) is 22.7 Å². The summed E-state index contributed by atoms with van der Waals surface area (Å²) in [6.45, 7) is 3.64. The summed E-state index contributed by atoms with van der Waals surface area (Å²) in [5, 5.41) is 17.0. The highest BCUT2D eigenvalue weighted by atomic mass is 16.6. The third-order valence-electron chi connectivity index (χ3n) is 5.14. The highest BCUT2D eigenvalue weighted by Crippen LogP contribution is 2.28. The zero-order valence-electron chi connectivity index (χ0n) is 18.7. The lowest BCUT2D eigenvalue weighted by atomic mass is 10.0. The summed E-state index contributed by atoms with van der Waals surface area (Å²) in [6.07, 6.45) is 0. The number of carbonyl (C=O) groups excluding carboxylic acids is 2. The molecule has 33 heavy (non-hydrogen) atoms. The summed E-state index contributed by atoms with van der Waals surface area (Å²) >= 11 is 0. The second-order valence-electron chi connectivity index (χ2n) is 7.91. The van der Waals surface area contributed by atoms with E-state index in [0.717, 1.165) is 5.56 Å². The molecule has 2 N–H and O–H groups in total. The van der Waals surface area contributed by atoms with Crippen molar-refractivity contribution in [3.63, 3.8) is 0 Å². The van der Waals surface area contributed by atoms with Gasteiger partial charge in [0.25, 0.3) is 5.69 Å². The summed E-state index contributed by atoms with van der Waals surface area (Å²) < 4.78 is 0. The number of carbonyl (C=O) groups is 2. The van der Waals surface area contributed by atoms with Crippen LogP contribution in [0.4, 0.5) is 17.1 Å². The fourth-order valence-corrected chi connectivity index (χ4v) is 3.50. The third-order valence-corrected chi connectivity index (χ3v) is 5.14. The zero-order valence-corrected chi connectivity index (χ0v) is 18.7. The van der Waals surface area contributed by atoms with Gasteiger partial charge in [-0.25, -0.2) is 0 Å². The smallest absolute Gasteiger partial charge is 0.293 e. The van der Waals surface area contributed by atoms with Crippen molar-refractivity contribution in [1.82, 2.24) is 4.90 Å². The van der Waals surface area contributed by atoms with Crippen molar-refractivity contribution in [2.75, 3.05) is 24.2 Å². The molecule has 3 aromatic carbocycles. The van der Waals surface area contributed by atoms with Crippen LogP contribution >= 0.6 is 0 Å². The molecule has 8 heteroatoms. The monoisotopic (exact) mass is 446 g/mol. The van der Waals surface area contributed by atoms with Crippen LogP contribution in [-0.2, 0) is 9.59 Å². The van der Waals surface area contributed by atoms with Gasteiger partial charge in [-0.15, -0.1) is 0 Å². The first kappa shape index (κ1) is 23.6. The van der Waals surface area contributed by atoms with Crippen LogP contribution in [0.3, 0.4) is 0 Å². The van der Waals surface area contributed by atoms with Gasteiger partial charge in [0.15, 0.2) is 0 Å². The summed E-state index contributed by atoms with van der Waals surface area (Å²) in [5.74, 6) is -0.754. The Balaban J connectivity index is 1.81. The van der Waals surface area contributed by atoms with E-state index in [1.165, 1.54) is 12.1 Å². The van der Waals surface area contributed by atoms with Crippen LogP contribution in [0.25, 0.3) is 0 Å². The van der Waals surface area contributed by atoms with Crippen molar-refractivity contribution in [3.05, 3.63) is 99.6 Å². The normalized spacial score (nSPS) is 11.6. The van der Waals surface area contributed by atoms with Gasteiger partial charge in [-0.2, -0.15) is 0 Å². The van der Waals surface area contributed by atoms with E-state index in [1.54, 1.807) is 49.2 Å². The van der Waals surface area contributed by atoms with E-state index in [4.69, 9.17) is 0 Å². The molecule has 0 bridgehead atoms. The van der Waals surface area contributed by atoms with Crippen LogP contribution in [-0.4, -0.2) is 35.2 Å². The molecule has 0 aromatic heterocycles. The highest BCUT2D eigenvalue weighted by Gasteiger charge is 2.28. The van der Waals surface area contributed by atoms with Gasteiger partial charge in [0, 0.05) is 11.8 Å². The second kappa shape index (κ2) is 10.5. The van der Waals surface area contributed by atoms with E-state index in [0.29, 0.717) is 16.8 Å². The Morgan fingerprint density at radius 2 is 1.58 bits per heavy atom. The predicted octanol–water partition coefficient (Wildman–Crippen LogP) is 4.46. The van der Waals surface area contributed by atoms with Crippen LogP contribution in [0, 0.1) is 24.0 Å². The number of likely N-dealkylation sites (N-methyl/N-ethyl adjacent to an activating group) is 1. The van der Waals surface area contributed by atoms with Crippen molar-refractivity contribution in [3.8, 4) is 0 Å². The Morgan fingerprint density at radius 1 is 0.939 bits per heavy atom. The lowest BCUT2D eigenvalue weighted by Crippen LogP contribution is -2.39. The number of amides is 2. The molecule has 8 nitrogen and oxygen atoms in total. The second-order valence-corrected chi connectivity index (χ2v) is 7.91. The van der Waals surface area contributed by atoms with Crippen LogP contribution in [0.5, 0.6) is 0 Å². The van der Waals surface area contributed by atoms with Gasteiger partial charge in [0.1, 0.15) is 11.7 Å². The van der Waals surface area contributed by atoms with Crippen molar-refractivity contribution < 1.29 is 14.5 Å². The number of nitrogens with zero attached hydrogens (tertiary/aromatic N) is 2. The summed E-state index contributed by atoms with van der Waals surface area (Å²) in [5.41, 5.74) is 3.04. The summed E-state index contributed by atoms with van der Waals surface area (Å²) in [6, 6.07) is 20.2. The molecule has 170 valence electrons. The molecule has 3 aromatic rings. The topological polar surface area (TPSA) is 105 Å². The van der Waals surface area contributed by atoms with Crippen molar-refractivity contribution >= 4 is 28.9 Å². The van der Waals surface area contributed by atoms with Gasteiger partial charge in [0.2, 0.25) is 11.8 Å². The van der Waals surface area contributed by atoms with Crippen LogP contribution in [0.2, 0.25) is 0 Å². The SMILES string of the molecule is Cc1ccc(NC(=O)CN(C)C(C(=O)Nc2ccc(C)cc2[N+](=O)[O-])c2ccccc2)cc1. The third kappa shape index (κ3) is 6.24. The number of rotatable bonds is 8. The van der Waals surface area contributed by atoms with Crippen molar-refractivity contribution in [1.29, 1.82) is 0 Å². The Bertz CT molecular complexity index is 1150. The van der Waals surface area contributed by atoms with E-state index in [-0.39, 0.29) is 23.8 Å². The lowest BCUT2D eigenvalue weighted by Gasteiger charge is -2.27. The molecule has 3 rings (SSSR count). The van der Waals surface area contributed by atoms with Crippen molar-refractivity contribution in [2.24, 2.45) is 0 Å². The molecule has 0 fully saturated rings. The molecule has 0 spiro atoms. The van der Waals surface area contributed by atoms with Gasteiger partial charge in [0.05, 0.1) is 11.5 Å². The minimum atomic E-state index is -0.837. The Kier molecular flexibility index (Phi) is 7.53. The van der Waals surface area contributed by atoms with E-state index in [2.05, 4.69) is 10.6 Å². The molecule has 0 aliphatic rings. The molecule has 1 atom stereocenters. The Labute approximate surface area is 192 Å². The highest BCUT2D eigenvalue weighted by molar-refractivity contribution is 5.98. The number of hydrogen-bond donors (Lipinski definition) is 2. The fourth-order valence-electron chi connectivity index (χ4n) is 3.50. The molecule has 0 aliphatic carbocycles. The van der Waals surface area contributed by atoms with Gasteiger partial charge in [-0.05, 0) is 50.2 Å². The number of nitro benzene ring substituents is 1. The Morgan fingerprint density at radius 3 is 2.21 bits per heavy atom. The van der Waals surface area contributed by atoms with Crippen molar-refractivity contribution in [2.45, 2.75) is 19.9 Å². The predicted molar refractivity (Wildman–Crippen MR) is 128 cm³/mol. The van der Waals surface area contributed by atoms with E-state index in [1.807, 2.05) is 37.3 Å². The van der Waals surface area contributed by atoms with E-state index >= 15 is 0 Å². The number of nitro groups is 1. The first-order valence-corrected chi connectivity index (χ1v) is 10.4. The molecule has 2 amide bonds. The number of anilines is 2. The quantitative estimate of drug-likeness (QED) is 0.393. The molecular formula is C25H26N4O4. The molecule has 0 radical (unpaired) electrons. The largest absolute Gasteiger partial charge is 0.325 e. The number of hydrogen-bond acceptors (Lipinski definition) is 5. The fraction of sp³-hybridized carbons (Fsp3) is 0.200. The molecule has 0 saturated heterocycles. The number of aryl methyl sites for hydroxylation is 2. The van der Waals surface area contributed by atoms with E-state index in [9.17, 15) is 19.7 Å². The van der Waals surface area contributed by atoms with Gasteiger partial charge < -0.3 is 10.6 Å². The molecule has 0 heterocycles. The molecule has 0 aliphatic heterocycles. The lowest BCUT2D eigenvalue weighted by molar-refractivity contribution is -0.384. The molecule has 0 saturated carbocycles. The first-order chi connectivity index (χ1) is 15.7. The average molecular weight is 447 g/mol. The Hall–Kier alpha value is -4.04. The maximum absolute atomic E-state index is 13.3. The molecule has 1 unspecified atom stereocenters. The van der Waals surface area contributed by atoms with Crippen LogP contribution in [0.15, 0.2) is 72.8 Å². The summed E-state index contributed by atoms with van der Waals surface area (Å²) in [7, 11) is 1.66. The van der Waals surface area contributed by atoms with Crippen LogP contribution < -0.4 is 10.6 Å². The zero-order chi connectivity index (χ0) is 24.0. The maximum atomic E-state index is 13.3. The first-order valence-electron chi connectivity index (χ1n) is 10.4. The van der Waals surface area contributed by atoms with Gasteiger partial charge >= 0.3 is 0 Å². The number of nitrogens with one attached hydrogen (secondary N) is 2. The standard InChI is InChI=1S/C25H26N4O4/c1-17-9-12-20(13-10-17)26-23(30)16-28(3)24(19-7-5-4-6-8-19)25(31)27-21-14-11-18(2)15-22(21)29(32)33/h4-15,24H,16H2,1-3H3,(H,26,30)(H,27,31). The minimum absolute atomic E-state index is 0.0587. The molecular weight excluding hydrogens is 420 g/mol. The van der Waals surface area contributed by atoms with Gasteiger partial charge in [-0.1, -0.05) is 54.1 Å².